The Morgan fingerprint density at radius 2 is 1.78 bits per heavy atom. The van der Waals surface area contributed by atoms with Crippen LogP contribution in [-0.4, -0.2) is 19.5 Å². The highest BCUT2D eigenvalue weighted by molar-refractivity contribution is 7.92. The smallest absolute Gasteiger partial charge is 0.416 e. The number of carbonyl (C=O) groups is 1. The Bertz CT molecular complexity index is 1310. The van der Waals surface area contributed by atoms with Crippen molar-refractivity contribution in [3.05, 3.63) is 70.4 Å². The number of aromatic carboxylic acids is 1. The van der Waals surface area contributed by atoms with Gasteiger partial charge in [-0.05, 0) is 60.7 Å². The van der Waals surface area contributed by atoms with Crippen LogP contribution >= 0.6 is 11.3 Å². The number of hydrogen-bond donors (Lipinski definition) is 2. The Balaban J connectivity index is 1.84. The van der Waals surface area contributed by atoms with Crippen molar-refractivity contribution in [2.24, 2.45) is 0 Å². The molecule has 0 bridgehead atoms. The van der Waals surface area contributed by atoms with E-state index in [1.54, 1.807) is 0 Å². The monoisotopic (exact) mass is 485 g/mol. The lowest BCUT2D eigenvalue weighted by atomic mass is 10.1. The molecule has 5 nitrogen and oxygen atoms in total. The molecule has 1 heterocycles. The lowest BCUT2D eigenvalue weighted by molar-refractivity contribution is -0.137. The van der Waals surface area contributed by atoms with Gasteiger partial charge in [0.1, 0.15) is 0 Å². The number of sulfonamides is 1. The Labute approximate surface area is 184 Å². The summed E-state index contributed by atoms with van der Waals surface area (Å²) >= 11 is 0.654. The molecule has 4 rings (SSSR count). The highest BCUT2D eigenvalue weighted by Gasteiger charge is 2.34. The number of alkyl halides is 3. The quantitative estimate of drug-likeness (QED) is 0.423. The number of halogens is 4. The number of anilines is 1. The van der Waals surface area contributed by atoms with E-state index in [0.29, 0.717) is 23.0 Å². The molecule has 0 spiro atoms. The normalized spacial score (nSPS) is 14.4. The van der Waals surface area contributed by atoms with Crippen molar-refractivity contribution in [1.82, 2.24) is 0 Å². The summed E-state index contributed by atoms with van der Waals surface area (Å²) in [7, 11) is -4.46. The first kappa shape index (κ1) is 22.3. The number of carboxylic acids is 1. The van der Waals surface area contributed by atoms with Crippen molar-refractivity contribution in [1.29, 1.82) is 0 Å². The number of rotatable bonds is 6. The predicted octanol–water partition coefficient (Wildman–Crippen LogP) is 5.95. The molecule has 1 fully saturated rings. The van der Waals surface area contributed by atoms with Gasteiger partial charge < -0.3 is 5.11 Å². The SMILES string of the molecule is O=C(O)c1ccc(C2CC2)c(S(=O)(=O)Nc2cc(C(F)(F)F)ccc2-c2ccc(F)s2)c1. The molecule has 0 saturated heterocycles. The van der Waals surface area contributed by atoms with E-state index < -0.39 is 32.9 Å². The van der Waals surface area contributed by atoms with Gasteiger partial charge in [-0.25, -0.2) is 13.2 Å². The summed E-state index contributed by atoms with van der Waals surface area (Å²) in [4.78, 5) is 11.3. The van der Waals surface area contributed by atoms with Crippen LogP contribution in [-0.2, 0) is 16.2 Å². The maximum atomic E-state index is 13.5. The Kier molecular flexibility index (Phi) is 5.49. The molecule has 1 aliphatic rings. The van der Waals surface area contributed by atoms with E-state index in [9.17, 15) is 35.9 Å². The highest BCUT2D eigenvalue weighted by atomic mass is 32.2. The van der Waals surface area contributed by atoms with Crippen LogP contribution < -0.4 is 4.72 Å². The predicted molar refractivity (Wildman–Crippen MR) is 111 cm³/mol. The van der Waals surface area contributed by atoms with Crippen LogP contribution in [0.25, 0.3) is 10.4 Å². The summed E-state index contributed by atoms with van der Waals surface area (Å²) in [6, 6.07) is 8.65. The first-order valence-corrected chi connectivity index (χ1v) is 11.6. The number of carboxylic acid groups (broad SMARTS) is 1. The standard InChI is InChI=1S/C21H15F4NO4S2/c22-19-8-7-17(31-19)15-6-4-13(21(23,24)25)10-16(15)26-32(29,30)18-9-12(20(27)28)3-5-14(18)11-1-2-11/h3-11,26H,1-2H2,(H,27,28). The van der Waals surface area contributed by atoms with Crippen LogP contribution in [0.5, 0.6) is 0 Å². The second-order valence-electron chi connectivity index (χ2n) is 7.30. The molecule has 1 saturated carbocycles. The van der Waals surface area contributed by atoms with Crippen LogP contribution in [0.1, 0.15) is 40.2 Å². The molecule has 0 unspecified atom stereocenters. The summed E-state index contributed by atoms with van der Waals surface area (Å²) in [5, 5.41) is 8.67. The molecule has 0 aliphatic heterocycles. The fourth-order valence-electron chi connectivity index (χ4n) is 3.31. The maximum Gasteiger partial charge on any atom is 0.416 e. The van der Waals surface area contributed by atoms with Crippen molar-refractivity contribution in [3.63, 3.8) is 0 Å². The zero-order valence-electron chi connectivity index (χ0n) is 16.1. The average molecular weight is 485 g/mol. The fraction of sp³-hybridized carbons (Fsp3) is 0.190. The van der Waals surface area contributed by atoms with E-state index in [4.69, 9.17) is 0 Å². The first-order valence-electron chi connectivity index (χ1n) is 9.33. The average Bonchev–Trinajstić information content (AvgIpc) is 3.47. The summed E-state index contributed by atoms with van der Waals surface area (Å²) < 4.78 is 82.0. The Hall–Kier alpha value is -2.92. The molecule has 2 aromatic carbocycles. The van der Waals surface area contributed by atoms with E-state index in [2.05, 4.69) is 4.72 Å². The van der Waals surface area contributed by atoms with E-state index >= 15 is 0 Å². The van der Waals surface area contributed by atoms with Crippen molar-refractivity contribution in [2.45, 2.75) is 29.8 Å². The molecule has 11 heteroatoms. The minimum absolute atomic E-state index is 0.0674. The van der Waals surface area contributed by atoms with Crippen molar-refractivity contribution < 1.29 is 35.9 Å². The van der Waals surface area contributed by atoms with Gasteiger partial charge in [0.2, 0.25) is 0 Å². The second-order valence-corrected chi connectivity index (χ2v) is 9.98. The third kappa shape index (κ3) is 4.49. The van der Waals surface area contributed by atoms with Crippen LogP contribution in [0.3, 0.4) is 0 Å². The molecule has 32 heavy (non-hydrogen) atoms. The van der Waals surface area contributed by atoms with Crippen molar-refractivity contribution in [2.75, 3.05) is 4.72 Å². The Morgan fingerprint density at radius 3 is 2.34 bits per heavy atom. The molecular weight excluding hydrogens is 470 g/mol. The molecule has 0 atom stereocenters. The van der Waals surface area contributed by atoms with Gasteiger partial charge in [-0.2, -0.15) is 17.6 Å². The minimum atomic E-state index is -4.73. The molecular formula is C21H15F4NO4S2. The molecule has 2 N–H and O–H groups in total. The van der Waals surface area contributed by atoms with E-state index in [1.165, 1.54) is 18.2 Å². The van der Waals surface area contributed by atoms with E-state index in [1.807, 2.05) is 0 Å². The van der Waals surface area contributed by atoms with Gasteiger partial charge in [-0.15, -0.1) is 11.3 Å². The molecule has 0 amide bonds. The second kappa shape index (κ2) is 7.89. The van der Waals surface area contributed by atoms with Gasteiger partial charge in [-0.3, -0.25) is 4.72 Å². The van der Waals surface area contributed by atoms with E-state index in [0.717, 1.165) is 37.1 Å². The van der Waals surface area contributed by atoms with Gasteiger partial charge >= 0.3 is 12.1 Å². The van der Waals surface area contributed by atoms with E-state index in [-0.39, 0.29) is 32.5 Å². The van der Waals surface area contributed by atoms with Gasteiger partial charge in [0.15, 0.2) is 5.13 Å². The Morgan fingerprint density at radius 1 is 1.06 bits per heavy atom. The van der Waals surface area contributed by atoms with Gasteiger partial charge in [0, 0.05) is 10.4 Å². The van der Waals surface area contributed by atoms with Crippen molar-refractivity contribution in [3.8, 4) is 10.4 Å². The summed E-state index contributed by atoms with van der Waals surface area (Å²) in [5.41, 5.74) is -1.27. The molecule has 0 radical (unpaired) electrons. The third-order valence-electron chi connectivity index (χ3n) is 5.00. The number of hydrogen-bond acceptors (Lipinski definition) is 4. The van der Waals surface area contributed by atoms with Crippen molar-refractivity contribution >= 4 is 33.0 Å². The lowest BCUT2D eigenvalue weighted by Gasteiger charge is -2.17. The fourth-order valence-corrected chi connectivity index (χ4v) is 5.48. The topological polar surface area (TPSA) is 83.5 Å². The largest absolute Gasteiger partial charge is 0.478 e. The highest BCUT2D eigenvalue weighted by Crippen LogP contribution is 2.44. The van der Waals surface area contributed by atoms with Crippen LogP contribution in [0.2, 0.25) is 0 Å². The number of benzene rings is 2. The lowest BCUT2D eigenvalue weighted by Crippen LogP contribution is -2.17. The third-order valence-corrected chi connectivity index (χ3v) is 7.33. The summed E-state index contributed by atoms with van der Waals surface area (Å²) in [6.07, 6.45) is -3.29. The summed E-state index contributed by atoms with van der Waals surface area (Å²) in [6.45, 7) is 0. The summed E-state index contributed by atoms with van der Waals surface area (Å²) in [5.74, 6) is -1.41. The molecule has 168 valence electrons. The number of nitrogens with one attached hydrogen (secondary N) is 1. The molecule has 3 aromatic rings. The van der Waals surface area contributed by atoms with Crippen LogP contribution in [0.15, 0.2) is 53.4 Å². The minimum Gasteiger partial charge on any atom is -0.478 e. The van der Waals surface area contributed by atoms with Gasteiger partial charge in [0.05, 0.1) is 21.7 Å². The van der Waals surface area contributed by atoms with Gasteiger partial charge in [0.25, 0.3) is 10.0 Å². The number of thiophene rings is 1. The van der Waals surface area contributed by atoms with Gasteiger partial charge in [-0.1, -0.05) is 12.1 Å². The molecule has 1 aliphatic carbocycles. The maximum absolute atomic E-state index is 13.5. The van der Waals surface area contributed by atoms with Crippen LogP contribution in [0.4, 0.5) is 23.2 Å². The molecule has 1 aromatic heterocycles. The zero-order chi connectivity index (χ0) is 23.3. The first-order chi connectivity index (χ1) is 15.0. The van der Waals surface area contributed by atoms with Crippen LogP contribution in [0, 0.1) is 5.13 Å². The zero-order valence-corrected chi connectivity index (χ0v) is 17.7.